The molecule has 0 amide bonds. The lowest BCUT2D eigenvalue weighted by atomic mass is 10.1. The van der Waals surface area contributed by atoms with Crippen LogP contribution in [0.4, 0.5) is 4.79 Å². The molecule has 0 N–H and O–H groups in total. The first kappa shape index (κ1) is 15.1. The van der Waals surface area contributed by atoms with E-state index in [1.54, 1.807) is 31.4 Å². The van der Waals surface area contributed by atoms with E-state index in [9.17, 15) is 4.79 Å². The van der Waals surface area contributed by atoms with Gasteiger partial charge in [0, 0.05) is 7.11 Å². The minimum atomic E-state index is -0.751. The molecule has 4 nitrogen and oxygen atoms in total. The van der Waals surface area contributed by atoms with E-state index in [0.29, 0.717) is 5.75 Å². The summed E-state index contributed by atoms with van der Waals surface area (Å²) in [4.78, 5) is 11.9. The van der Waals surface area contributed by atoms with Gasteiger partial charge in [0.05, 0.1) is 6.10 Å². The summed E-state index contributed by atoms with van der Waals surface area (Å²) >= 11 is 0. The quantitative estimate of drug-likeness (QED) is 0.616. The van der Waals surface area contributed by atoms with Crippen LogP contribution in [0.1, 0.15) is 18.6 Å². The number of methoxy groups -OCH3 is 1. The molecule has 110 valence electrons. The van der Waals surface area contributed by atoms with E-state index >= 15 is 0 Å². The average molecular weight is 286 g/mol. The molecule has 0 fully saturated rings. The van der Waals surface area contributed by atoms with Crippen LogP contribution in [0.25, 0.3) is 0 Å². The van der Waals surface area contributed by atoms with Crippen molar-refractivity contribution in [2.24, 2.45) is 0 Å². The van der Waals surface area contributed by atoms with Crippen molar-refractivity contribution in [1.29, 1.82) is 0 Å². The van der Waals surface area contributed by atoms with Crippen LogP contribution in [0.5, 0.6) is 5.75 Å². The Kier molecular flexibility index (Phi) is 5.35. The molecular weight excluding hydrogens is 268 g/mol. The summed E-state index contributed by atoms with van der Waals surface area (Å²) in [6.45, 7) is 1.84. The predicted molar refractivity (Wildman–Crippen MR) is 79.2 cm³/mol. The molecule has 0 aromatic heterocycles. The average Bonchev–Trinajstić information content (AvgIpc) is 2.53. The summed E-state index contributed by atoms with van der Waals surface area (Å²) in [6, 6.07) is 18.2. The maximum atomic E-state index is 11.9. The fraction of sp³-hybridized carbons (Fsp3) is 0.235. The fourth-order valence-electron chi connectivity index (χ4n) is 1.91. The molecule has 2 aromatic carbocycles. The maximum absolute atomic E-state index is 11.9. The zero-order valence-electron chi connectivity index (χ0n) is 12.1. The van der Waals surface area contributed by atoms with Crippen LogP contribution in [0.15, 0.2) is 60.7 Å². The highest BCUT2D eigenvalue weighted by atomic mass is 16.7. The molecule has 0 heterocycles. The molecule has 0 spiro atoms. The van der Waals surface area contributed by atoms with Crippen molar-refractivity contribution in [3.05, 3.63) is 66.2 Å². The van der Waals surface area contributed by atoms with Gasteiger partial charge < -0.3 is 14.2 Å². The first-order valence-corrected chi connectivity index (χ1v) is 6.72. The molecule has 2 aromatic rings. The van der Waals surface area contributed by atoms with Crippen LogP contribution in [0.2, 0.25) is 0 Å². The second-order valence-electron chi connectivity index (χ2n) is 4.56. The largest absolute Gasteiger partial charge is 0.514 e. The molecule has 0 bridgehead atoms. The Morgan fingerprint density at radius 1 is 0.952 bits per heavy atom. The minimum absolute atomic E-state index is 0.282. The number of benzene rings is 2. The molecule has 2 rings (SSSR count). The Morgan fingerprint density at radius 3 is 2.10 bits per heavy atom. The normalized spacial score (nSPS) is 13.2. The number of para-hydroxylation sites is 1. The van der Waals surface area contributed by atoms with Gasteiger partial charge in [0.1, 0.15) is 5.75 Å². The molecule has 0 aliphatic carbocycles. The van der Waals surface area contributed by atoms with E-state index in [0.717, 1.165) is 5.56 Å². The van der Waals surface area contributed by atoms with Gasteiger partial charge in [0.15, 0.2) is 6.10 Å². The van der Waals surface area contributed by atoms with Crippen molar-refractivity contribution in [1.82, 2.24) is 0 Å². The van der Waals surface area contributed by atoms with Gasteiger partial charge in [-0.25, -0.2) is 4.79 Å². The van der Waals surface area contributed by atoms with E-state index in [1.165, 1.54) is 0 Å². The number of hydrogen-bond acceptors (Lipinski definition) is 4. The first-order chi connectivity index (χ1) is 10.2. The SMILES string of the molecule is COC(C)C(OC(=O)Oc1ccccc1)c1ccccc1. The molecule has 0 radical (unpaired) electrons. The summed E-state index contributed by atoms with van der Waals surface area (Å²) in [7, 11) is 1.58. The lowest BCUT2D eigenvalue weighted by molar-refractivity contribution is -0.0285. The van der Waals surface area contributed by atoms with Crippen molar-refractivity contribution in [2.45, 2.75) is 19.1 Å². The van der Waals surface area contributed by atoms with Gasteiger partial charge in [-0.05, 0) is 24.6 Å². The highest BCUT2D eigenvalue weighted by Crippen LogP contribution is 2.24. The van der Waals surface area contributed by atoms with Crippen molar-refractivity contribution in [3.63, 3.8) is 0 Å². The van der Waals surface area contributed by atoms with Gasteiger partial charge in [0.25, 0.3) is 0 Å². The Bertz CT molecular complexity index is 554. The van der Waals surface area contributed by atoms with Crippen LogP contribution in [0.3, 0.4) is 0 Å². The molecule has 0 aliphatic heterocycles. The molecule has 4 heteroatoms. The van der Waals surface area contributed by atoms with Crippen LogP contribution in [-0.4, -0.2) is 19.4 Å². The number of ether oxygens (including phenoxy) is 3. The number of rotatable bonds is 5. The van der Waals surface area contributed by atoms with Crippen LogP contribution < -0.4 is 4.74 Å². The first-order valence-electron chi connectivity index (χ1n) is 6.72. The highest BCUT2D eigenvalue weighted by molar-refractivity contribution is 5.64. The molecule has 0 saturated carbocycles. The lowest BCUT2D eigenvalue weighted by Crippen LogP contribution is -2.24. The third-order valence-corrected chi connectivity index (χ3v) is 3.09. The topological polar surface area (TPSA) is 44.8 Å². The van der Waals surface area contributed by atoms with E-state index in [2.05, 4.69) is 0 Å². The van der Waals surface area contributed by atoms with E-state index < -0.39 is 12.3 Å². The maximum Gasteiger partial charge on any atom is 0.514 e. The van der Waals surface area contributed by atoms with Gasteiger partial charge in [0.2, 0.25) is 0 Å². The molecule has 0 aliphatic rings. The van der Waals surface area contributed by atoms with Gasteiger partial charge in [-0.2, -0.15) is 0 Å². The summed E-state index contributed by atoms with van der Waals surface area (Å²) in [5, 5.41) is 0. The predicted octanol–water partition coefficient (Wildman–Crippen LogP) is 3.98. The third kappa shape index (κ3) is 4.33. The van der Waals surface area contributed by atoms with Crippen molar-refractivity contribution in [2.75, 3.05) is 7.11 Å². The van der Waals surface area contributed by atoms with E-state index in [1.807, 2.05) is 43.3 Å². The summed E-state index contributed by atoms with van der Waals surface area (Å²) in [5.41, 5.74) is 0.858. The number of hydrogen-bond donors (Lipinski definition) is 0. The molecule has 2 unspecified atom stereocenters. The van der Waals surface area contributed by atoms with E-state index in [4.69, 9.17) is 14.2 Å². The third-order valence-electron chi connectivity index (χ3n) is 3.09. The Balaban J connectivity index is 2.07. The second kappa shape index (κ2) is 7.45. The molecule has 2 atom stereocenters. The number of carbonyl (C=O) groups excluding carboxylic acids is 1. The van der Waals surface area contributed by atoms with Gasteiger partial charge in [-0.15, -0.1) is 0 Å². The Labute approximate surface area is 124 Å². The van der Waals surface area contributed by atoms with Crippen LogP contribution in [0, 0.1) is 0 Å². The van der Waals surface area contributed by atoms with E-state index in [-0.39, 0.29) is 6.10 Å². The summed E-state index contributed by atoms with van der Waals surface area (Å²) < 4.78 is 15.8. The van der Waals surface area contributed by atoms with Crippen LogP contribution in [-0.2, 0) is 9.47 Å². The lowest BCUT2D eigenvalue weighted by Gasteiger charge is -2.23. The number of carbonyl (C=O) groups is 1. The molecule has 21 heavy (non-hydrogen) atoms. The molecular formula is C17H18O4. The Hall–Kier alpha value is -2.33. The zero-order valence-corrected chi connectivity index (χ0v) is 12.1. The van der Waals surface area contributed by atoms with Gasteiger partial charge in [-0.1, -0.05) is 48.5 Å². The second-order valence-corrected chi connectivity index (χ2v) is 4.56. The fourth-order valence-corrected chi connectivity index (χ4v) is 1.91. The summed E-state index contributed by atoms with van der Waals surface area (Å²) in [6.07, 6.45) is -1.55. The zero-order chi connectivity index (χ0) is 15.1. The van der Waals surface area contributed by atoms with Gasteiger partial charge in [-0.3, -0.25) is 0 Å². The highest BCUT2D eigenvalue weighted by Gasteiger charge is 2.24. The standard InChI is InChI=1S/C17H18O4/c1-13(19-2)16(14-9-5-3-6-10-14)21-17(18)20-15-11-7-4-8-12-15/h3-13,16H,1-2H3. The Morgan fingerprint density at radius 2 is 1.52 bits per heavy atom. The van der Waals surface area contributed by atoms with Crippen molar-refractivity contribution >= 4 is 6.16 Å². The monoisotopic (exact) mass is 286 g/mol. The van der Waals surface area contributed by atoms with Crippen molar-refractivity contribution in [3.8, 4) is 5.75 Å². The van der Waals surface area contributed by atoms with Crippen molar-refractivity contribution < 1.29 is 19.0 Å². The minimum Gasteiger partial charge on any atom is -0.423 e. The smallest absolute Gasteiger partial charge is 0.423 e. The summed E-state index contributed by atoms with van der Waals surface area (Å²) in [5.74, 6) is 0.444. The van der Waals surface area contributed by atoms with Crippen LogP contribution >= 0.6 is 0 Å². The molecule has 0 saturated heterocycles. The van der Waals surface area contributed by atoms with Gasteiger partial charge >= 0.3 is 6.16 Å².